The van der Waals surface area contributed by atoms with Crippen molar-refractivity contribution in [2.24, 2.45) is 0 Å². The lowest BCUT2D eigenvalue weighted by Crippen LogP contribution is -2.44. The van der Waals surface area contributed by atoms with Crippen molar-refractivity contribution in [2.45, 2.75) is 18.8 Å². The van der Waals surface area contributed by atoms with Crippen LogP contribution in [-0.4, -0.2) is 85.6 Å². The molecule has 1 N–H and O–H groups in total. The zero-order chi connectivity index (χ0) is 20.8. The quantitative estimate of drug-likeness (QED) is 0.708. The Morgan fingerprint density at radius 3 is 2.90 bits per heavy atom. The summed E-state index contributed by atoms with van der Waals surface area (Å²) in [5.74, 6) is 2.08. The summed E-state index contributed by atoms with van der Waals surface area (Å²) in [6.07, 6.45) is 1.70. The van der Waals surface area contributed by atoms with Gasteiger partial charge in [-0.25, -0.2) is 0 Å². The van der Waals surface area contributed by atoms with E-state index >= 15 is 0 Å². The maximum absolute atomic E-state index is 12.6. The highest BCUT2D eigenvalue weighted by atomic mass is 16.5. The van der Waals surface area contributed by atoms with E-state index in [4.69, 9.17) is 14.2 Å². The molecule has 2 fully saturated rings. The zero-order valence-corrected chi connectivity index (χ0v) is 17.5. The maximum atomic E-state index is 12.6. The zero-order valence-electron chi connectivity index (χ0n) is 17.5. The number of carbonyl (C=O) groups excluding carboxylic acids is 1. The number of nitrogens with one attached hydrogen (secondary N) is 1. The summed E-state index contributed by atoms with van der Waals surface area (Å²) < 4.78 is 16.4. The van der Waals surface area contributed by atoms with Crippen LogP contribution in [0.2, 0.25) is 0 Å². The van der Waals surface area contributed by atoms with E-state index in [0.717, 1.165) is 61.9 Å². The second-order valence-corrected chi connectivity index (χ2v) is 7.81. The van der Waals surface area contributed by atoms with Gasteiger partial charge >= 0.3 is 0 Å². The van der Waals surface area contributed by atoms with Crippen LogP contribution < -0.4 is 9.47 Å². The number of amides is 1. The van der Waals surface area contributed by atoms with Crippen LogP contribution in [0.4, 0.5) is 0 Å². The minimum Gasteiger partial charge on any atom is -0.497 e. The fourth-order valence-corrected chi connectivity index (χ4v) is 3.97. The van der Waals surface area contributed by atoms with Gasteiger partial charge < -0.3 is 19.1 Å². The number of rotatable bonds is 8. The number of benzene rings is 1. The molecular weight excluding hydrogens is 384 g/mol. The number of carbonyl (C=O) groups is 1. The molecule has 162 valence electrons. The number of aromatic nitrogens is 2. The Morgan fingerprint density at radius 1 is 1.23 bits per heavy atom. The molecular formula is C22H30N4O4. The summed E-state index contributed by atoms with van der Waals surface area (Å²) >= 11 is 0. The molecule has 8 heteroatoms. The van der Waals surface area contributed by atoms with E-state index in [-0.39, 0.29) is 5.91 Å². The number of hydrogen-bond donors (Lipinski definition) is 1. The van der Waals surface area contributed by atoms with Gasteiger partial charge in [-0.15, -0.1) is 0 Å². The van der Waals surface area contributed by atoms with Gasteiger partial charge in [0.15, 0.2) is 0 Å². The van der Waals surface area contributed by atoms with Crippen LogP contribution in [0.15, 0.2) is 30.3 Å². The van der Waals surface area contributed by atoms with Gasteiger partial charge in [0.05, 0.1) is 39.2 Å². The van der Waals surface area contributed by atoms with E-state index in [1.165, 1.54) is 0 Å². The summed E-state index contributed by atoms with van der Waals surface area (Å²) in [5.41, 5.74) is 2.08. The number of ether oxygens (including phenoxy) is 3. The molecule has 30 heavy (non-hydrogen) atoms. The molecule has 2 aliphatic rings. The first-order chi connectivity index (χ1) is 14.7. The van der Waals surface area contributed by atoms with Crippen molar-refractivity contribution in [3.8, 4) is 11.5 Å². The molecule has 0 spiro atoms. The molecule has 1 aromatic heterocycles. The first-order valence-electron chi connectivity index (χ1n) is 10.6. The van der Waals surface area contributed by atoms with Crippen molar-refractivity contribution in [2.75, 3.05) is 59.7 Å². The van der Waals surface area contributed by atoms with Crippen LogP contribution in [-0.2, 0) is 16.0 Å². The van der Waals surface area contributed by atoms with Crippen molar-refractivity contribution in [3.05, 3.63) is 41.7 Å². The van der Waals surface area contributed by atoms with Gasteiger partial charge in [-0.05, 0) is 24.6 Å². The molecule has 3 heterocycles. The average molecular weight is 415 g/mol. The lowest BCUT2D eigenvalue weighted by atomic mass is 10.0. The Hall–Kier alpha value is -2.58. The summed E-state index contributed by atoms with van der Waals surface area (Å²) in [5, 5.41) is 7.62. The van der Waals surface area contributed by atoms with E-state index < -0.39 is 0 Å². The van der Waals surface area contributed by atoms with Crippen LogP contribution in [0.25, 0.3) is 0 Å². The normalized spacial score (nSPS) is 19.8. The minimum absolute atomic E-state index is 0.210. The van der Waals surface area contributed by atoms with Crippen LogP contribution in [0.5, 0.6) is 11.5 Å². The molecule has 0 bridgehead atoms. The third-order valence-electron chi connectivity index (χ3n) is 5.75. The molecule has 2 aliphatic heterocycles. The highest BCUT2D eigenvalue weighted by molar-refractivity contribution is 5.78. The molecule has 0 radical (unpaired) electrons. The summed E-state index contributed by atoms with van der Waals surface area (Å²) in [4.78, 5) is 16.8. The first kappa shape index (κ1) is 20.7. The van der Waals surface area contributed by atoms with Crippen LogP contribution in [0.3, 0.4) is 0 Å². The number of nitrogens with zero attached hydrogens (tertiary/aromatic N) is 3. The van der Waals surface area contributed by atoms with E-state index in [0.29, 0.717) is 32.3 Å². The number of morpholine rings is 1. The highest BCUT2D eigenvalue weighted by Gasteiger charge is 2.29. The highest BCUT2D eigenvalue weighted by Crippen LogP contribution is 2.26. The van der Waals surface area contributed by atoms with Gasteiger partial charge in [-0.1, -0.05) is 6.07 Å². The summed E-state index contributed by atoms with van der Waals surface area (Å²) in [7, 11) is 1.64. The minimum atomic E-state index is 0.210. The molecule has 0 unspecified atom stereocenters. The number of H-pyrrole nitrogens is 1. The molecule has 0 aliphatic carbocycles. The lowest BCUT2D eigenvalue weighted by Gasteiger charge is -2.28. The third kappa shape index (κ3) is 5.31. The van der Waals surface area contributed by atoms with Gasteiger partial charge in [0, 0.05) is 50.3 Å². The summed E-state index contributed by atoms with van der Waals surface area (Å²) in [6, 6.07) is 9.70. The number of hydrogen-bond acceptors (Lipinski definition) is 6. The Bertz CT molecular complexity index is 834. The molecule has 0 saturated carbocycles. The Balaban J connectivity index is 1.23. The van der Waals surface area contributed by atoms with Crippen molar-refractivity contribution in [1.29, 1.82) is 0 Å². The third-order valence-corrected chi connectivity index (χ3v) is 5.75. The van der Waals surface area contributed by atoms with Crippen LogP contribution >= 0.6 is 0 Å². The SMILES string of the molecule is COc1cccc(OCCc2cc([C@H]3CCN(C(=O)CN4CCOCC4)C3)n[nH]2)c1. The van der Waals surface area contributed by atoms with Gasteiger partial charge in [-0.3, -0.25) is 14.8 Å². The maximum Gasteiger partial charge on any atom is 0.236 e. The monoisotopic (exact) mass is 414 g/mol. The van der Waals surface area contributed by atoms with Crippen LogP contribution in [0.1, 0.15) is 23.7 Å². The van der Waals surface area contributed by atoms with Crippen molar-refractivity contribution in [1.82, 2.24) is 20.0 Å². The summed E-state index contributed by atoms with van der Waals surface area (Å²) in [6.45, 7) is 5.70. The largest absolute Gasteiger partial charge is 0.497 e. The van der Waals surface area contributed by atoms with E-state index in [9.17, 15) is 4.79 Å². The predicted octanol–water partition coefficient (Wildman–Crippen LogP) is 1.69. The van der Waals surface area contributed by atoms with Crippen LogP contribution in [0, 0.1) is 0 Å². The predicted molar refractivity (Wildman–Crippen MR) is 112 cm³/mol. The molecule has 1 amide bonds. The average Bonchev–Trinajstić information content (AvgIpc) is 3.44. The van der Waals surface area contributed by atoms with E-state index in [1.54, 1.807) is 7.11 Å². The van der Waals surface area contributed by atoms with E-state index in [2.05, 4.69) is 21.2 Å². The molecule has 1 aromatic carbocycles. The second-order valence-electron chi connectivity index (χ2n) is 7.81. The fraction of sp³-hybridized carbons (Fsp3) is 0.545. The van der Waals surface area contributed by atoms with Gasteiger partial charge in [-0.2, -0.15) is 5.10 Å². The second kappa shape index (κ2) is 9.95. The molecule has 1 atom stereocenters. The number of aromatic amines is 1. The topological polar surface area (TPSA) is 79.9 Å². The number of likely N-dealkylation sites (tertiary alicyclic amines) is 1. The van der Waals surface area contributed by atoms with Crippen molar-refractivity contribution in [3.63, 3.8) is 0 Å². The fourth-order valence-electron chi connectivity index (χ4n) is 3.97. The van der Waals surface area contributed by atoms with Crippen molar-refractivity contribution < 1.29 is 19.0 Å². The lowest BCUT2D eigenvalue weighted by molar-refractivity contribution is -0.132. The molecule has 2 aromatic rings. The standard InChI is InChI=1S/C22H30N4O4/c1-28-19-3-2-4-20(14-19)30-10-6-18-13-21(24-23-18)17-5-7-26(15-17)22(27)16-25-8-11-29-12-9-25/h2-4,13-14,17H,5-12,15-16H2,1H3,(H,23,24)/t17-/m0/s1. The molecule has 2 saturated heterocycles. The molecule has 8 nitrogen and oxygen atoms in total. The van der Waals surface area contributed by atoms with Gasteiger partial charge in [0.1, 0.15) is 11.5 Å². The van der Waals surface area contributed by atoms with E-state index in [1.807, 2.05) is 29.2 Å². The van der Waals surface area contributed by atoms with Crippen molar-refractivity contribution >= 4 is 5.91 Å². The Kier molecular flexibility index (Phi) is 6.86. The van der Waals surface area contributed by atoms with Gasteiger partial charge in [0.2, 0.25) is 5.91 Å². The Morgan fingerprint density at radius 2 is 2.07 bits per heavy atom. The number of methoxy groups -OCH3 is 1. The molecule has 4 rings (SSSR count). The Labute approximate surface area is 177 Å². The smallest absolute Gasteiger partial charge is 0.236 e. The van der Waals surface area contributed by atoms with Gasteiger partial charge in [0.25, 0.3) is 0 Å². The first-order valence-corrected chi connectivity index (χ1v) is 10.6.